The molecule has 5 heteroatoms. The summed E-state index contributed by atoms with van der Waals surface area (Å²) in [6.07, 6.45) is 4.68. The number of nitrogens with two attached hydrogens (primary N) is 1. The van der Waals surface area contributed by atoms with Gasteiger partial charge in [0, 0.05) is 11.0 Å². The van der Waals surface area contributed by atoms with Gasteiger partial charge in [-0.15, -0.1) is 0 Å². The maximum absolute atomic E-state index is 11.6. The maximum atomic E-state index is 11.6. The van der Waals surface area contributed by atoms with Gasteiger partial charge in [0.15, 0.2) is 0 Å². The number of nitrogens with zero attached hydrogens (tertiary/aromatic N) is 1. The van der Waals surface area contributed by atoms with Crippen molar-refractivity contribution in [2.24, 2.45) is 5.73 Å². The zero-order chi connectivity index (χ0) is 14.6. The molecule has 1 saturated carbocycles. The lowest BCUT2D eigenvalue weighted by Gasteiger charge is -2.36. The molecule has 0 atom stereocenters. The zero-order valence-electron chi connectivity index (χ0n) is 11.5. The molecule has 3 N–H and O–H groups in total. The number of hydrogen-bond acceptors (Lipinski definition) is 2. The first-order valence-electron chi connectivity index (χ1n) is 7.00. The van der Waals surface area contributed by atoms with Crippen molar-refractivity contribution in [3.05, 3.63) is 34.3 Å². The van der Waals surface area contributed by atoms with Gasteiger partial charge in [0.2, 0.25) is 0 Å². The second-order valence-electron chi connectivity index (χ2n) is 5.61. The summed E-state index contributed by atoms with van der Waals surface area (Å²) < 4.78 is 0.968. The Hall–Kier alpha value is -1.07. The molecule has 1 aliphatic carbocycles. The zero-order valence-corrected chi connectivity index (χ0v) is 13.1. The summed E-state index contributed by atoms with van der Waals surface area (Å²) in [6, 6.07) is 7.29. The quantitative estimate of drug-likeness (QED) is 0.884. The summed E-state index contributed by atoms with van der Waals surface area (Å²) in [6.45, 7) is 0.742. The number of hydrogen-bond donors (Lipinski definition) is 2. The van der Waals surface area contributed by atoms with Crippen LogP contribution in [0.1, 0.15) is 37.7 Å². The van der Waals surface area contributed by atoms with Crippen LogP contribution in [0.25, 0.3) is 0 Å². The SMILES string of the molecule is NC(=O)N(Cc1cccc(Br)c1)CC1(O)CCCCC1. The Bertz CT molecular complexity index is 473. The molecule has 4 nitrogen and oxygen atoms in total. The van der Waals surface area contributed by atoms with Gasteiger partial charge in [0.25, 0.3) is 0 Å². The van der Waals surface area contributed by atoms with Crippen molar-refractivity contribution in [3.8, 4) is 0 Å². The van der Waals surface area contributed by atoms with Crippen LogP contribution in [-0.2, 0) is 6.54 Å². The Morgan fingerprint density at radius 2 is 2.05 bits per heavy atom. The first kappa shape index (κ1) is 15.3. The molecule has 1 aliphatic rings. The van der Waals surface area contributed by atoms with E-state index in [1.165, 1.54) is 4.90 Å². The topological polar surface area (TPSA) is 66.6 Å². The molecule has 2 amide bonds. The van der Waals surface area contributed by atoms with Gasteiger partial charge in [-0.3, -0.25) is 0 Å². The molecule has 0 spiro atoms. The van der Waals surface area contributed by atoms with Crippen LogP contribution in [0.4, 0.5) is 4.79 Å². The van der Waals surface area contributed by atoms with E-state index in [4.69, 9.17) is 5.73 Å². The molecule has 1 fully saturated rings. The van der Waals surface area contributed by atoms with Crippen LogP contribution in [0.2, 0.25) is 0 Å². The highest BCUT2D eigenvalue weighted by atomic mass is 79.9. The van der Waals surface area contributed by atoms with E-state index in [0.29, 0.717) is 13.1 Å². The summed E-state index contributed by atoms with van der Waals surface area (Å²) in [5, 5.41) is 10.6. The predicted octanol–water partition coefficient (Wildman–Crippen LogP) is 3.03. The van der Waals surface area contributed by atoms with Gasteiger partial charge in [-0.05, 0) is 30.5 Å². The lowest BCUT2D eigenvalue weighted by atomic mass is 9.84. The number of aliphatic hydroxyl groups is 1. The summed E-state index contributed by atoms with van der Waals surface area (Å²) in [5.41, 5.74) is 5.68. The Morgan fingerprint density at radius 1 is 1.35 bits per heavy atom. The average molecular weight is 341 g/mol. The number of halogens is 1. The van der Waals surface area contributed by atoms with E-state index < -0.39 is 11.6 Å². The standard InChI is InChI=1S/C15H21BrN2O2/c16-13-6-4-5-12(9-13)10-18(14(17)19)11-15(20)7-2-1-3-8-15/h4-6,9,20H,1-3,7-8,10-11H2,(H2,17,19). The van der Waals surface area contributed by atoms with Gasteiger partial charge < -0.3 is 15.7 Å². The molecule has 0 bridgehead atoms. The van der Waals surface area contributed by atoms with Gasteiger partial charge in [-0.2, -0.15) is 0 Å². The van der Waals surface area contributed by atoms with Crippen LogP contribution in [-0.4, -0.2) is 28.2 Å². The maximum Gasteiger partial charge on any atom is 0.315 e. The minimum atomic E-state index is -0.778. The molecule has 1 aromatic carbocycles. The second kappa shape index (κ2) is 6.59. The third-order valence-electron chi connectivity index (χ3n) is 3.84. The smallest absolute Gasteiger partial charge is 0.315 e. The molecule has 0 saturated heterocycles. The van der Waals surface area contributed by atoms with Crippen molar-refractivity contribution in [1.29, 1.82) is 0 Å². The fourth-order valence-electron chi connectivity index (χ4n) is 2.79. The summed E-state index contributed by atoms with van der Waals surface area (Å²) in [4.78, 5) is 13.2. The number of benzene rings is 1. The minimum Gasteiger partial charge on any atom is -0.388 e. The number of amides is 2. The molecule has 1 aromatic rings. The van der Waals surface area contributed by atoms with E-state index in [2.05, 4.69) is 15.9 Å². The van der Waals surface area contributed by atoms with E-state index in [1.807, 2.05) is 24.3 Å². The van der Waals surface area contributed by atoms with Crippen molar-refractivity contribution in [2.45, 2.75) is 44.2 Å². The fourth-order valence-corrected chi connectivity index (χ4v) is 3.24. The van der Waals surface area contributed by atoms with Gasteiger partial charge in [-0.1, -0.05) is 47.3 Å². The summed E-state index contributed by atoms with van der Waals surface area (Å²) in [5.74, 6) is 0. The summed E-state index contributed by atoms with van der Waals surface area (Å²) in [7, 11) is 0. The van der Waals surface area contributed by atoms with Crippen LogP contribution < -0.4 is 5.73 Å². The Kier molecular flexibility index (Phi) is 5.05. The molecule has 110 valence electrons. The van der Waals surface area contributed by atoms with Crippen molar-refractivity contribution in [1.82, 2.24) is 4.90 Å². The Labute approximate surface area is 128 Å². The van der Waals surface area contributed by atoms with Crippen LogP contribution in [0, 0.1) is 0 Å². The van der Waals surface area contributed by atoms with Gasteiger partial charge >= 0.3 is 6.03 Å². The molecule has 0 radical (unpaired) electrons. The Morgan fingerprint density at radius 3 is 2.65 bits per heavy atom. The van der Waals surface area contributed by atoms with E-state index in [9.17, 15) is 9.90 Å². The van der Waals surface area contributed by atoms with Crippen molar-refractivity contribution in [2.75, 3.05) is 6.54 Å². The predicted molar refractivity (Wildman–Crippen MR) is 82.2 cm³/mol. The molecule has 0 aliphatic heterocycles. The fraction of sp³-hybridized carbons (Fsp3) is 0.533. The molecule has 2 rings (SSSR count). The van der Waals surface area contributed by atoms with Crippen LogP contribution >= 0.6 is 15.9 Å². The average Bonchev–Trinajstić information content (AvgIpc) is 2.38. The largest absolute Gasteiger partial charge is 0.388 e. The van der Waals surface area contributed by atoms with E-state index in [0.717, 1.165) is 42.1 Å². The highest BCUT2D eigenvalue weighted by Crippen LogP contribution is 2.29. The van der Waals surface area contributed by atoms with E-state index >= 15 is 0 Å². The monoisotopic (exact) mass is 340 g/mol. The van der Waals surface area contributed by atoms with Crippen molar-refractivity contribution in [3.63, 3.8) is 0 Å². The van der Waals surface area contributed by atoms with E-state index in [-0.39, 0.29) is 0 Å². The van der Waals surface area contributed by atoms with Gasteiger partial charge in [0.05, 0.1) is 12.1 Å². The van der Waals surface area contributed by atoms with Gasteiger partial charge in [0.1, 0.15) is 0 Å². The number of urea groups is 1. The molecule has 20 heavy (non-hydrogen) atoms. The number of primary amides is 1. The van der Waals surface area contributed by atoms with Crippen molar-refractivity contribution >= 4 is 22.0 Å². The van der Waals surface area contributed by atoms with Gasteiger partial charge in [-0.25, -0.2) is 4.79 Å². The molecule has 0 heterocycles. The first-order chi connectivity index (χ1) is 9.48. The van der Waals surface area contributed by atoms with Crippen LogP contribution in [0.3, 0.4) is 0 Å². The molecule has 0 unspecified atom stereocenters. The number of carbonyl (C=O) groups excluding carboxylic acids is 1. The molecule has 0 aromatic heterocycles. The van der Waals surface area contributed by atoms with Crippen LogP contribution in [0.15, 0.2) is 28.7 Å². The van der Waals surface area contributed by atoms with Crippen molar-refractivity contribution < 1.29 is 9.90 Å². The first-order valence-corrected chi connectivity index (χ1v) is 7.79. The van der Waals surface area contributed by atoms with Crippen LogP contribution in [0.5, 0.6) is 0 Å². The van der Waals surface area contributed by atoms with E-state index in [1.54, 1.807) is 0 Å². The second-order valence-corrected chi connectivity index (χ2v) is 6.52. The number of rotatable bonds is 4. The lowest BCUT2D eigenvalue weighted by Crippen LogP contribution is -2.48. The molecular formula is C15H21BrN2O2. The third kappa shape index (κ3) is 4.21. The minimum absolute atomic E-state index is 0.314. The normalized spacial score (nSPS) is 17.7. The Balaban J connectivity index is 2.05. The highest BCUT2D eigenvalue weighted by molar-refractivity contribution is 9.10. The summed E-state index contributed by atoms with van der Waals surface area (Å²) >= 11 is 3.41. The molecular weight excluding hydrogens is 320 g/mol. The number of carbonyl (C=O) groups is 1. The lowest BCUT2D eigenvalue weighted by molar-refractivity contribution is -0.0183. The third-order valence-corrected chi connectivity index (χ3v) is 4.34. The highest BCUT2D eigenvalue weighted by Gasteiger charge is 2.32.